The first-order chi connectivity index (χ1) is 7.27. The Hall–Kier alpha value is -1.56. The quantitative estimate of drug-likeness (QED) is 0.685. The van der Waals surface area contributed by atoms with Crippen molar-refractivity contribution in [3.8, 4) is 0 Å². The van der Waals surface area contributed by atoms with Crippen LogP contribution in [0.1, 0.15) is 22.3 Å². The van der Waals surface area contributed by atoms with E-state index in [0.717, 1.165) is 6.42 Å². The van der Waals surface area contributed by atoms with Gasteiger partial charge in [0.1, 0.15) is 0 Å². The van der Waals surface area contributed by atoms with Crippen LogP contribution in [0.2, 0.25) is 0 Å². The van der Waals surface area contributed by atoms with Crippen molar-refractivity contribution in [2.24, 2.45) is 0 Å². The highest BCUT2D eigenvalue weighted by atomic mass is 14.1. The molecule has 2 aromatic rings. The molecule has 0 heteroatoms. The molecular weight excluding hydrogens is 180 g/mol. The molecular formula is C15H15. The number of hydrogen-bond donors (Lipinski definition) is 0. The SMILES string of the molecule is Cc1c[c]cc(C)c1Cc1ccccc1. The highest BCUT2D eigenvalue weighted by Crippen LogP contribution is 2.17. The highest BCUT2D eigenvalue weighted by Gasteiger charge is 2.02. The molecule has 0 fully saturated rings. The fourth-order valence-corrected chi connectivity index (χ4v) is 1.86. The minimum Gasteiger partial charge on any atom is -0.0622 e. The van der Waals surface area contributed by atoms with Crippen molar-refractivity contribution >= 4 is 0 Å². The van der Waals surface area contributed by atoms with Crippen LogP contribution >= 0.6 is 0 Å². The second-order valence-corrected chi connectivity index (χ2v) is 3.96. The molecule has 15 heavy (non-hydrogen) atoms. The second kappa shape index (κ2) is 4.31. The van der Waals surface area contributed by atoms with Crippen molar-refractivity contribution in [2.75, 3.05) is 0 Å². The van der Waals surface area contributed by atoms with Crippen LogP contribution in [0, 0.1) is 19.9 Å². The first kappa shape index (κ1) is 9.97. The fraction of sp³-hybridized carbons (Fsp3) is 0.200. The van der Waals surface area contributed by atoms with Gasteiger partial charge in [-0.25, -0.2) is 0 Å². The van der Waals surface area contributed by atoms with Gasteiger partial charge in [0.05, 0.1) is 0 Å². The van der Waals surface area contributed by atoms with Crippen molar-refractivity contribution < 1.29 is 0 Å². The Morgan fingerprint density at radius 2 is 1.53 bits per heavy atom. The smallest absolute Gasteiger partial charge is 0.00205 e. The Kier molecular flexibility index (Phi) is 2.86. The summed E-state index contributed by atoms with van der Waals surface area (Å²) >= 11 is 0. The average Bonchev–Trinajstić information content (AvgIpc) is 2.25. The molecule has 0 aromatic heterocycles. The Morgan fingerprint density at radius 1 is 0.933 bits per heavy atom. The van der Waals surface area contributed by atoms with E-state index < -0.39 is 0 Å². The number of benzene rings is 2. The summed E-state index contributed by atoms with van der Waals surface area (Å²) in [5, 5.41) is 0. The predicted octanol–water partition coefficient (Wildman–Crippen LogP) is 3.69. The summed E-state index contributed by atoms with van der Waals surface area (Å²) in [4.78, 5) is 0. The molecule has 0 bridgehead atoms. The number of hydrogen-bond acceptors (Lipinski definition) is 0. The summed E-state index contributed by atoms with van der Waals surface area (Å²) in [6.45, 7) is 4.31. The zero-order valence-electron chi connectivity index (χ0n) is 9.25. The third kappa shape index (κ3) is 2.27. The number of aryl methyl sites for hydroxylation is 2. The van der Waals surface area contributed by atoms with Gasteiger partial charge in [-0.15, -0.1) is 0 Å². The van der Waals surface area contributed by atoms with Crippen molar-refractivity contribution in [1.29, 1.82) is 0 Å². The van der Waals surface area contributed by atoms with Crippen molar-refractivity contribution in [1.82, 2.24) is 0 Å². The van der Waals surface area contributed by atoms with Gasteiger partial charge in [-0.1, -0.05) is 42.5 Å². The lowest BCUT2D eigenvalue weighted by Gasteiger charge is -2.09. The Morgan fingerprint density at radius 3 is 2.13 bits per heavy atom. The molecule has 0 nitrogen and oxygen atoms in total. The fourth-order valence-electron chi connectivity index (χ4n) is 1.86. The highest BCUT2D eigenvalue weighted by molar-refractivity contribution is 5.37. The maximum atomic E-state index is 3.16. The van der Waals surface area contributed by atoms with E-state index in [0.29, 0.717) is 0 Å². The van der Waals surface area contributed by atoms with Crippen LogP contribution < -0.4 is 0 Å². The van der Waals surface area contributed by atoms with E-state index in [4.69, 9.17) is 0 Å². The summed E-state index contributed by atoms with van der Waals surface area (Å²) < 4.78 is 0. The molecule has 0 heterocycles. The van der Waals surface area contributed by atoms with E-state index in [1.807, 2.05) is 0 Å². The molecule has 0 amide bonds. The Balaban J connectivity index is 2.32. The van der Waals surface area contributed by atoms with Crippen molar-refractivity contribution in [3.63, 3.8) is 0 Å². The maximum absolute atomic E-state index is 3.16. The zero-order valence-corrected chi connectivity index (χ0v) is 9.25. The van der Waals surface area contributed by atoms with Gasteiger partial charge in [-0.2, -0.15) is 0 Å². The largest absolute Gasteiger partial charge is 0.0622 e. The lowest BCUT2D eigenvalue weighted by Crippen LogP contribution is -1.94. The van der Waals surface area contributed by atoms with E-state index in [1.165, 1.54) is 22.3 Å². The molecule has 0 N–H and O–H groups in total. The van der Waals surface area contributed by atoms with Gasteiger partial charge in [-0.3, -0.25) is 0 Å². The molecule has 0 saturated heterocycles. The van der Waals surface area contributed by atoms with E-state index in [1.54, 1.807) is 0 Å². The summed E-state index contributed by atoms with van der Waals surface area (Å²) in [6, 6.07) is 17.9. The van der Waals surface area contributed by atoms with E-state index in [2.05, 4.69) is 62.4 Å². The Bertz CT molecular complexity index is 421. The van der Waals surface area contributed by atoms with E-state index >= 15 is 0 Å². The summed E-state index contributed by atoms with van der Waals surface area (Å²) in [6.07, 6.45) is 1.02. The standard InChI is InChI=1S/C15H15/c1-12-7-6-8-13(2)15(12)11-14-9-4-3-5-10-14/h3-5,7-10H,11H2,1-2H3. The predicted molar refractivity (Wildman–Crippen MR) is 64.0 cm³/mol. The molecule has 0 atom stereocenters. The summed E-state index contributed by atoms with van der Waals surface area (Å²) in [5.74, 6) is 0. The van der Waals surface area contributed by atoms with Crippen LogP contribution in [-0.4, -0.2) is 0 Å². The summed E-state index contributed by atoms with van der Waals surface area (Å²) in [7, 11) is 0. The molecule has 0 aliphatic rings. The maximum Gasteiger partial charge on any atom is -0.00205 e. The zero-order chi connectivity index (χ0) is 10.7. The molecule has 75 valence electrons. The molecule has 1 radical (unpaired) electrons. The van der Waals surface area contributed by atoms with Crippen LogP contribution in [0.3, 0.4) is 0 Å². The van der Waals surface area contributed by atoms with Crippen LogP contribution in [0.15, 0.2) is 42.5 Å². The number of rotatable bonds is 2. The first-order valence-electron chi connectivity index (χ1n) is 5.27. The van der Waals surface area contributed by atoms with E-state index in [-0.39, 0.29) is 0 Å². The lowest BCUT2D eigenvalue weighted by molar-refractivity contribution is 1.12. The average molecular weight is 195 g/mol. The third-order valence-electron chi connectivity index (χ3n) is 2.78. The van der Waals surface area contributed by atoms with Gasteiger partial charge < -0.3 is 0 Å². The van der Waals surface area contributed by atoms with Gasteiger partial charge >= 0.3 is 0 Å². The second-order valence-electron chi connectivity index (χ2n) is 3.96. The van der Waals surface area contributed by atoms with Crippen LogP contribution in [0.5, 0.6) is 0 Å². The van der Waals surface area contributed by atoms with E-state index in [9.17, 15) is 0 Å². The van der Waals surface area contributed by atoms with Gasteiger partial charge in [0.2, 0.25) is 0 Å². The normalized spacial score (nSPS) is 10.3. The molecule has 0 unspecified atom stereocenters. The molecule has 2 rings (SSSR count). The lowest BCUT2D eigenvalue weighted by atomic mass is 9.96. The van der Waals surface area contributed by atoms with Crippen LogP contribution in [-0.2, 0) is 6.42 Å². The molecule has 2 aromatic carbocycles. The third-order valence-corrected chi connectivity index (χ3v) is 2.78. The minimum absolute atomic E-state index is 1.02. The van der Waals surface area contributed by atoms with Gasteiger partial charge in [0, 0.05) is 0 Å². The van der Waals surface area contributed by atoms with Gasteiger partial charge in [0.15, 0.2) is 0 Å². The van der Waals surface area contributed by atoms with Crippen molar-refractivity contribution in [3.05, 3.63) is 70.8 Å². The molecule has 0 saturated carbocycles. The van der Waals surface area contributed by atoms with Crippen LogP contribution in [0.4, 0.5) is 0 Å². The summed E-state index contributed by atoms with van der Waals surface area (Å²) in [5.41, 5.74) is 5.47. The van der Waals surface area contributed by atoms with Crippen LogP contribution in [0.25, 0.3) is 0 Å². The molecule has 0 aliphatic heterocycles. The molecule has 0 spiro atoms. The first-order valence-corrected chi connectivity index (χ1v) is 5.27. The van der Waals surface area contributed by atoms with Crippen molar-refractivity contribution in [2.45, 2.75) is 20.3 Å². The van der Waals surface area contributed by atoms with Gasteiger partial charge in [-0.05, 0) is 48.6 Å². The topological polar surface area (TPSA) is 0 Å². The monoisotopic (exact) mass is 195 g/mol. The Labute approximate surface area is 91.6 Å². The minimum atomic E-state index is 1.02. The molecule has 0 aliphatic carbocycles. The van der Waals surface area contributed by atoms with Gasteiger partial charge in [0.25, 0.3) is 0 Å².